The Morgan fingerprint density at radius 2 is 1.72 bits per heavy atom. The third-order valence-electron chi connectivity index (χ3n) is 6.09. The van der Waals surface area contributed by atoms with Crippen molar-refractivity contribution in [1.82, 2.24) is 5.32 Å². The number of carbonyl (C=O) groups excluding carboxylic acids is 2. The summed E-state index contributed by atoms with van der Waals surface area (Å²) in [5.74, 6) is -0.136. The van der Waals surface area contributed by atoms with Crippen molar-refractivity contribution in [2.75, 3.05) is 31.7 Å². The van der Waals surface area contributed by atoms with Crippen LogP contribution in [0.4, 0.5) is 5.00 Å². The predicted octanol–water partition coefficient (Wildman–Crippen LogP) is 7.30. The molecule has 2 aromatic rings. The minimum absolute atomic E-state index is 0.167. The summed E-state index contributed by atoms with van der Waals surface area (Å²) in [6.07, 6.45) is 9.12. The van der Waals surface area contributed by atoms with E-state index in [4.69, 9.17) is 32.7 Å². The Morgan fingerprint density at radius 3 is 2.44 bits per heavy atom. The second kappa shape index (κ2) is 14.8. The van der Waals surface area contributed by atoms with E-state index in [9.17, 15) is 9.59 Å². The molecular weight excluding hydrogens is 519 g/mol. The van der Waals surface area contributed by atoms with E-state index in [0.29, 0.717) is 58.3 Å². The Balaban J connectivity index is 1.66. The van der Waals surface area contributed by atoms with Crippen LogP contribution in [0.1, 0.15) is 89.9 Å². The monoisotopic (exact) mass is 554 g/mol. The number of aryl methyl sites for hydroxylation is 1. The number of carbonyl (C=O) groups is 2. The van der Waals surface area contributed by atoms with E-state index in [0.717, 1.165) is 49.0 Å². The number of fused-ring (bicyclic) bond motifs is 1. The summed E-state index contributed by atoms with van der Waals surface area (Å²) < 4.78 is 11.1. The molecule has 1 heterocycles. The first kappa shape index (κ1) is 28.8. The van der Waals surface area contributed by atoms with Crippen molar-refractivity contribution in [3.63, 3.8) is 0 Å². The highest BCUT2D eigenvalue weighted by Crippen LogP contribution is 2.40. The number of anilines is 1. The maximum absolute atomic E-state index is 13.1. The summed E-state index contributed by atoms with van der Waals surface area (Å²) in [5.41, 5.74) is 1.92. The van der Waals surface area contributed by atoms with Crippen LogP contribution < -0.4 is 15.4 Å². The first-order chi connectivity index (χ1) is 17.5. The second-order valence-electron chi connectivity index (χ2n) is 8.85. The SMILES string of the molecule is CCCCCCCOc1c(Cl)cc(C(=O)Nc2sc3c(c2C(=O)NCCCOCC)CCC3)cc1Cl. The van der Waals surface area contributed by atoms with Crippen LogP contribution in [-0.2, 0) is 17.6 Å². The van der Waals surface area contributed by atoms with Gasteiger partial charge in [-0.05, 0) is 56.7 Å². The molecule has 0 atom stereocenters. The third-order valence-corrected chi connectivity index (χ3v) is 7.85. The van der Waals surface area contributed by atoms with Crippen LogP contribution in [0, 0.1) is 0 Å². The van der Waals surface area contributed by atoms with Crippen LogP contribution >= 0.6 is 34.5 Å². The zero-order chi connectivity index (χ0) is 25.9. The largest absolute Gasteiger partial charge is 0.490 e. The van der Waals surface area contributed by atoms with Gasteiger partial charge in [-0.15, -0.1) is 11.3 Å². The number of halogens is 2. The molecule has 0 radical (unpaired) electrons. The highest BCUT2D eigenvalue weighted by Gasteiger charge is 2.28. The Labute approximate surface area is 228 Å². The zero-order valence-electron chi connectivity index (χ0n) is 21.1. The van der Waals surface area contributed by atoms with Crippen molar-refractivity contribution in [3.8, 4) is 5.75 Å². The maximum Gasteiger partial charge on any atom is 0.256 e. The summed E-state index contributed by atoms with van der Waals surface area (Å²) >= 11 is 14.3. The molecule has 2 amide bonds. The molecule has 0 spiro atoms. The van der Waals surface area contributed by atoms with Gasteiger partial charge in [0.1, 0.15) is 5.00 Å². The van der Waals surface area contributed by atoms with Gasteiger partial charge in [-0.25, -0.2) is 0 Å². The quantitative estimate of drug-likeness (QED) is 0.226. The molecule has 2 N–H and O–H groups in total. The maximum atomic E-state index is 13.1. The van der Waals surface area contributed by atoms with E-state index in [1.54, 1.807) is 12.1 Å². The lowest BCUT2D eigenvalue weighted by Crippen LogP contribution is -2.27. The Morgan fingerprint density at radius 1 is 0.972 bits per heavy atom. The highest BCUT2D eigenvalue weighted by atomic mass is 35.5. The zero-order valence-corrected chi connectivity index (χ0v) is 23.5. The fourth-order valence-electron chi connectivity index (χ4n) is 4.23. The average molecular weight is 556 g/mol. The van der Waals surface area contributed by atoms with Crippen LogP contribution in [0.5, 0.6) is 5.75 Å². The molecule has 0 saturated heterocycles. The molecule has 3 rings (SSSR count). The van der Waals surface area contributed by atoms with Crippen LogP contribution in [0.3, 0.4) is 0 Å². The van der Waals surface area contributed by atoms with E-state index in [1.165, 1.54) is 30.6 Å². The molecule has 0 saturated carbocycles. The number of amides is 2. The first-order valence-corrected chi connectivity index (χ1v) is 14.5. The van der Waals surface area contributed by atoms with Gasteiger partial charge in [-0.2, -0.15) is 0 Å². The summed E-state index contributed by atoms with van der Waals surface area (Å²) in [6, 6.07) is 3.12. The van der Waals surface area contributed by atoms with Gasteiger partial charge in [0.15, 0.2) is 5.75 Å². The average Bonchev–Trinajstić information content (AvgIpc) is 3.43. The van der Waals surface area contributed by atoms with Gasteiger partial charge in [0.2, 0.25) is 0 Å². The van der Waals surface area contributed by atoms with Crippen LogP contribution in [0.15, 0.2) is 12.1 Å². The number of rotatable bonds is 15. The van der Waals surface area contributed by atoms with Crippen molar-refractivity contribution in [1.29, 1.82) is 0 Å². The number of benzene rings is 1. The molecule has 0 aliphatic heterocycles. The summed E-state index contributed by atoms with van der Waals surface area (Å²) in [6.45, 7) is 6.42. The first-order valence-electron chi connectivity index (χ1n) is 12.9. The van der Waals surface area contributed by atoms with Crippen molar-refractivity contribution in [3.05, 3.63) is 43.7 Å². The molecular formula is C27H36Cl2N2O4S. The van der Waals surface area contributed by atoms with Crippen molar-refractivity contribution in [2.45, 2.75) is 71.6 Å². The number of unbranched alkanes of at least 4 members (excludes halogenated alkanes) is 4. The van der Waals surface area contributed by atoms with E-state index < -0.39 is 0 Å². The van der Waals surface area contributed by atoms with E-state index in [1.807, 2.05) is 6.92 Å². The van der Waals surface area contributed by atoms with Crippen molar-refractivity contribution < 1.29 is 19.1 Å². The van der Waals surface area contributed by atoms with Gasteiger partial charge < -0.3 is 20.1 Å². The lowest BCUT2D eigenvalue weighted by Gasteiger charge is -2.13. The van der Waals surface area contributed by atoms with Crippen LogP contribution in [0.25, 0.3) is 0 Å². The minimum Gasteiger partial charge on any atom is -0.490 e. The predicted molar refractivity (Wildman–Crippen MR) is 148 cm³/mol. The summed E-state index contributed by atoms with van der Waals surface area (Å²) in [7, 11) is 0. The lowest BCUT2D eigenvalue weighted by atomic mass is 10.1. The molecule has 1 aliphatic carbocycles. The molecule has 1 aliphatic rings. The van der Waals surface area contributed by atoms with Gasteiger partial charge in [-0.3, -0.25) is 9.59 Å². The third kappa shape index (κ3) is 7.85. The smallest absolute Gasteiger partial charge is 0.256 e. The van der Waals surface area contributed by atoms with Crippen molar-refractivity contribution >= 4 is 51.4 Å². The van der Waals surface area contributed by atoms with Gasteiger partial charge in [0, 0.05) is 30.2 Å². The molecule has 6 nitrogen and oxygen atoms in total. The number of ether oxygens (including phenoxy) is 2. The molecule has 0 unspecified atom stereocenters. The standard InChI is InChI=1S/C27H36Cl2N2O4S/c1-3-5-6-7-8-15-35-24-20(28)16-18(17-21(24)29)25(32)31-27-23(19-11-9-12-22(19)36-27)26(33)30-13-10-14-34-4-2/h16-17H,3-15H2,1-2H3,(H,30,33)(H,31,32). The number of hydrogen-bond acceptors (Lipinski definition) is 5. The molecule has 0 fully saturated rings. The minimum atomic E-state index is -0.366. The Hall–Kier alpha value is -1.80. The second-order valence-corrected chi connectivity index (χ2v) is 10.8. The molecule has 0 bridgehead atoms. The normalized spacial score (nSPS) is 12.4. The number of thiophene rings is 1. The van der Waals surface area contributed by atoms with Crippen LogP contribution in [0.2, 0.25) is 10.0 Å². The molecule has 36 heavy (non-hydrogen) atoms. The molecule has 1 aromatic carbocycles. The molecule has 198 valence electrons. The summed E-state index contributed by atoms with van der Waals surface area (Å²) in [4.78, 5) is 27.3. The molecule has 9 heteroatoms. The topological polar surface area (TPSA) is 76.7 Å². The highest BCUT2D eigenvalue weighted by molar-refractivity contribution is 7.17. The van der Waals surface area contributed by atoms with Gasteiger partial charge in [0.05, 0.1) is 22.2 Å². The van der Waals surface area contributed by atoms with Gasteiger partial charge in [0.25, 0.3) is 11.8 Å². The van der Waals surface area contributed by atoms with Crippen LogP contribution in [-0.4, -0.2) is 38.2 Å². The van der Waals surface area contributed by atoms with Gasteiger partial charge in [-0.1, -0.05) is 55.8 Å². The number of nitrogens with one attached hydrogen (secondary N) is 2. The fourth-order valence-corrected chi connectivity index (χ4v) is 6.10. The Bertz CT molecular complexity index is 1020. The van der Waals surface area contributed by atoms with Gasteiger partial charge >= 0.3 is 0 Å². The lowest BCUT2D eigenvalue weighted by molar-refractivity contribution is 0.0944. The van der Waals surface area contributed by atoms with E-state index in [2.05, 4.69) is 17.6 Å². The van der Waals surface area contributed by atoms with E-state index in [-0.39, 0.29) is 11.8 Å². The van der Waals surface area contributed by atoms with Crippen molar-refractivity contribution in [2.24, 2.45) is 0 Å². The molecule has 1 aromatic heterocycles. The summed E-state index contributed by atoms with van der Waals surface area (Å²) in [5, 5.41) is 7.04. The van der Waals surface area contributed by atoms with E-state index >= 15 is 0 Å². The Kier molecular flexibility index (Phi) is 11.8. The fraction of sp³-hybridized carbons (Fsp3) is 0.556. The number of hydrogen-bond donors (Lipinski definition) is 2.